The van der Waals surface area contributed by atoms with E-state index in [9.17, 15) is 8.42 Å². The fourth-order valence-corrected chi connectivity index (χ4v) is 3.90. The molecule has 0 aliphatic carbocycles. The number of nitrogens with one attached hydrogen (secondary N) is 3. The van der Waals surface area contributed by atoms with Gasteiger partial charge in [-0.15, -0.1) is 0 Å². The molecule has 7 nitrogen and oxygen atoms in total. The quantitative estimate of drug-likeness (QED) is 0.594. The molecule has 1 aliphatic heterocycles. The third kappa shape index (κ3) is 5.06. The summed E-state index contributed by atoms with van der Waals surface area (Å²) in [7, 11) is -1.40. The topological polar surface area (TPSA) is 90.1 Å². The highest BCUT2D eigenvalue weighted by molar-refractivity contribution is 7.87. The van der Waals surface area contributed by atoms with Crippen LogP contribution in [0.3, 0.4) is 0 Å². The molecule has 8 heteroatoms. The van der Waals surface area contributed by atoms with Crippen LogP contribution in [-0.2, 0) is 16.6 Å². The van der Waals surface area contributed by atoms with Crippen LogP contribution in [0.4, 0.5) is 0 Å². The van der Waals surface area contributed by atoms with Crippen molar-refractivity contribution in [3.8, 4) is 0 Å². The third-order valence-electron chi connectivity index (χ3n) is 3.84. The van der Waals surface area contributed by atoms with E-state index in [2.05, 4.69) is 20.0 Å². The summed E-state index contributed by atoms with van der Waals surface area (Å²) in [6.07, 6.45) is 6.81. The monoisotopic (exact) mass is 315 g/mol. The van der Waals surface area contributed by atoms with Gasteiger partial charge < -0.3 is 10.3 Å². The van der Waals surface area contributed by atoms with E-state index in [-0.39, 0.29) is 0 Å². The van der Waals surface area contributed by atoms with Crippen molar-refractivity contribution in [1.29, 1.82) is 0 Å². The first-order valence-corrected chi connectivity index (χ1v) is 8.93. The fourth-order valence-electron chi connectivity index (χ4n) is 2.63. The molecule has 3 N–H and O–H groups in total. The number of aromatic nitrogens is 2. The summed E-state index contributed by atoms with van der Waals surface area (Å²) in [5, 5.41) is 3.15. The summed E-state index contributed by atoms with van der Waals surface area (Å²) in [5.41, 5.74) is 0. The maximum absolute atomic E-state index is 12.2. The SMILES string of the molecule is CNCC1CCN(S(=O)(=O)NCCCc2ncc[nH]2)CC1. The lowest BCUT2D eigenvalue weighted by molar-refractivity contribution is 0.268. The van der Waals surface area contributed by atoms with Gasteiger partial charge in [0.1, 0.15) is 5.82 Å². The highest BCUT2D eigenvalue weighted by Crippen LogP contribution is 2.18. The van der Waals surface area contributed by atoms with E-state index in [4.69, 9.17) is 0 Å². The number of aromatic amines is 1. The second kappa shape index (κ2) is 7.88. The van der Waals surface area contributed by atoms with Crippen LogP contribution in [0.1, 0.15) is 25.1 Å². The van der Waals surface area contributed by atoms with Crippen LogP contribution in [-0.4, -0.2) is 55.9 Å². The molecule has 2 heterocycles. The number of aryl methyl sites for hydroxylation is 1. The first-order valence-electron chi connectivity index (χ1n) is 7.49. The Balaban J connectivity index is 1.69. The van der Waals surface area contributed by atoms with Crippen LogP contribution < -0.4 is 10.0 Å². The minimum atomic E-state index is -3.33. The van der Waals surface area contributed by atoms with Crippen molar-refractivity contribution in [2.75, 3.05) is 33.2 Å². The maximum atomic E-state index is 12.2. The zero-order valence-corrected chi connectivity index (χ0v) is 13.3. The lowest BCUT2D eigenvalue weighted by atomic mass is 9.98. The van der Waals surface area contributed by atoms with Gasteiger partial charge in [0.05, 0.1) is 0 Å². The molecular formula is C13H25N5O2S. The van der Waals surface area contributed by atoms with E-state index in [0.29, 0.717) is 25.6 Å². The number of piperidine rings is 1. The number of rotatable bonds is 8. The Morgan fingerprint density at radius 1 is 1.43 bits per heavy atom. The molecule has 1 aliphatic rings. The third-order valence-corrected chi connectivity index (χ3v) is 5.45. The largest absolute Gasteiger partial charge is 0.349 e. The zero-order chi connectivity index (χ0) is 15.1. The minimum Gasteiger partial charge on any atom is -0.349 e. The van der Waals surface area contributed by atoms with Crippen molar-refractivity contribution in [2.24, 2.45) is 5.92 Å². The molecule has 0 aromatic carbocycles. The molecule has 2 rings (SSSR count). The molecule has 0 amide bonds. The Bertz CT molecular complexity index is 495. The van der Waals surface area contributed by atoms with Crippen LogP contribution in [0.15, 0.2) is 12.4 Å². The van der Waals surface area contributed by atoms with Crippen molar-refractivity contribution < 1.29 is 8.42 Å². The molecule has 1 aromatic heterocycles. The summed E-state index contributed by atoms with van der Waals surface area (Å²) in [4.78, 5) is 7.13. The second-order valence-corrected chi connectivity index (χ2v) is 7.19. The van der Waals surface area contributed by atoms with Gasteiger partial charge in [-0.1, -0.05) is 0 Å². The zero-order valence-electron chi connectivity index (χ0n) is 12.5. The summed E-state index contributed by atoms with van der Waals surface area (Å²) >= 11 is 0. The summed E-state index contributed by atoms with van der Waals surface area (Å²) in [6, 6.07) is 0. The first-order chi connectivity index (χ1) is 10.1. The molecule has 1 saturated heterocycles. The Kier molecular flexibility index (Phi) is 6.16. The number of hydrogen-bond donors (Lipinski definition) is 3. The van der Waals surface area contributed by atoms with Crippen LogP contribution in [0.5, 0.6) is 0 Å². The molecule has 120 valence electrons. The van der Waals surface area contributed by atoms with Crippen LogP contribution in [0, 0.1) is 5.92 Å². The highest BCUT2D eigenvalue weighted by Gasteiger charge is 2.27. The molecule has 0 atom stereocenters. The summed E-state index contributed by atoms with van der Waals surface area (Å²) < 4.78 is 28.6. The van der Waals surface area contributed by atoms with Gasteiger partial charge in [0.2, 0.25) is 0 Å². The predicted molar refractivity (Wildman–Crippen MR) is 82.1 cm³/mol. The Labute approximate surface area is 126 Å². The number of H-pyrrole nitrogens is 1. The molecule has 0 radical (unpaired) electrons. The van der Waals surface area contributed by atoms with Gasteiger partial charge in [0.25, 0.3) is 10.2 Å². The van der Waals surface area contributed by atoms with Gasteiger partial charge in [-0.3, -0.25) is 0 Å². The summed E-state index contributed by atoms with van der Waals surface area (Å²) in [5.74, 6) is 1.47. The summed E-state index contributed by atoms with van der Waals surface area (Å²) in [6.45, 7) is 2.63. The van der Waals surface area contributed by atoms with Gasteiger partial charge in [-0.25, -0.2) is 9.71 Å². The molecular weight excluding hydrogens is 290 g/mol. The van der Waals surface area contributed by atoms with E-state index in [1.807, 2.05) is 7.05 Å². The van der Waals surface area contributed by atoms with Gasteiger partial charge in [0, 0.05) is 38.4 Å². The number of nitrogens with zero attached hydrogens (tertiary/aromatic N) is 2. The predicted octanol–water partition coefficient (Wildman–Crippen LogP) is 0.108. The Morgan fingerprint density at radius 3 is 2.81 bits per heavy atom. The van der Waals surface area contributed by atoms with Crippen molar-refractivity contribution in [3.63, 3.8) is 0 Å². The van der Waals surface area contributed by atoms with Crippen LogP contribution in [0.2, 0.25) is 0 Å². The lowest BCUT2D eigenvalue weighted by Crippen LogP contribution is -2.46. The van der Waals surface area contributed by atoms with Crippen molar-refractivity contribution in [2.45, 2.75) is 25.7 Å². The first kappa shape index (κ1) is 16.4. The molecule has 1 fully saturated rings. The average Bonchev–Trinajstić information content (AvgIpc) is 2.98. The molecule has 0 spiro atoms. The second-order valence-electron chi connectivity index (χ2n) is 5.44. The van der Waals surface area contributed by atoms with E-state index >= 15 is 0 Å². The average molecular weight is 315 g/mol. The normalized spacial score (nSPS) is 18.1. The fraction of sp³-hybridized carbons (Fsp3) is 0.769. The van der Waals surface area contributed by atoms with Crippen LogP contribution >= 0.6 is 0 Å². The number of imidazole rings is 1. The van der Waals surface area contributed by atoms with Crippen molar-refractivity contribution in [3.05, 3.63) is 18.2 Å². The lowest BCUT2D eigenvalue weighted by Gasteiger charge is -2.31. The standard InChI is InChI=1S/C13H25N5O2S/c1-14-11-12-4-9-18(10-5-12)21(19,20)17-6-2-3-13-15-7-8-16-13/h7-8,12,14,17H,2-6,9-11H2,1H3,(H,15,16). The van der Waals surface area contributed by atoms with Crippen molar-refractivity contribution >= 4 is 10.2 Å². The van der Waals surface area contributed by atoms with E-state index < -0.39 is 10.2 Å². The van der Waals surface area contributed by atoms with Gasteiger partial charge >= 0.3 is 0 Å². The molecule has 0 unspecified atom stereocenters. The number of hydrogen-bond acceptors (Lipinski definition) is 4. The molecule has 21 heavy (non-hydrogen) atoms. The Hall–Kier alpha value is -0.960. The van der Waals surface area contributed by atoms with Crippen molar-refractivity contribution in [1.82, 2.24) is 24.3 Å². The van der Waals surface area contributed by atoms with E-state index in [1.54, 1.807) is 16.7 Å². The highest BCUT2D eigenvalue weighted by atomic mass is 32.2. The van der Waals surface area contributed by atoms with Crippen LogP contribution in [0.25, 0.3) is 0 Å². The minimum absolute atomic E-state index is 0.444. The van der Waals surface area contributed by atoms with E-state index in [0.717, 1.165) is 38.1 Å². The molecule has 0 saturated carbocycles. The smallest absolute Gasteiger partial charge is 0.279 e. The van der Waals surface area contributed by atoms with E-state index in [1.165, 1.54) is 0 Å². The van der Waals surface area contributed by atoms with Gasteiger partial charge in [0.15, 0.2) is 0 Å². The van der Waals surface area contributed by atoms with Gasteiger partial charge in [-0.05, 0) is 38.8 Å². The Morgan fingerprint density at radius 2 is 2.19 bits per heavy atom. The molecule has 1 aromatic rings. The van der Waals surface area contributed by atoms with Gasteiger partial charge in [-0.2, -0.15) is 12.7 Å². The maximum Gasteiger partial charge on any atom is 0.279 e. The molecule has 0 bridgehead atoms.